The summed E-state index contributed by atoms with van der Waals surface area (Å²) in [5, 5.41) is 17.1. The summed E-state index contributed by atoms with van der Waals surface area (Å²) in [6, 6.07) is 10.2. The van der Waals surface area contributed by atoms with E-state index in [9.17, 15) is 23.1 Å². The molecular formula is C24H25ClF3N3O3. The van der Waals surface area contributed by atoms with Crippen molar-refractivity contribution in [2.45, 2.75) is 45.0 Å². The average molecular weight is 496 g/mol. The van der Waals surface area contributed by atoms with Gasteiger partial charge in [-0.1, -0.05) is 17.7 Å². The number of likely N-dealkylation sites (N-methyl/N-ethyl adjacent to an activating group) is 1. The number of hydrogen-bond acceptors (Lipinski definition) is 4. The van der Waals surface area contributed by atoms with Crippen LogP contribution < -0.4 is 10.1 Å². The number of nitrogens with one attached hydrogen (secondary N) is 1. The monoisotopic (exact) mass is 495 g/mol. The molecule has 0 aliphatic rings. The molecule has 10 heteroatoms. The second-order valence-electron chi connectivity index (χ2n) is 8.39. The zero-order valence-electron chi connectivity index (χ0n) is 19.1. The lowest BCUT2D eigenvalue weighted by atomic mass is 10.0. The van der Waals surface area contributed by atoms with Crippen LogP contribution in [-0.4, -0.2) is 33.5 Å². The number of ether oxygens (including phenoxy) is 1. The second kappa shape index (κ2) is 9.68. The van der Waals surface area contributed by atoms with Crippen molar-refractivity contribution >= 4 is 17.6 Å². The van der Waals surface area contributed by atoms with E-state index in [-0.39, 0.29) is 16.8 Å². The van der Waals surface area contributed by atoms with Crippen LogP contribution in [0.15, 0.2) is 48.7 Å². The lowest BCUT2D eigenvalue weighted by Gasteiger charge is -2.23. The van der Waals surface area contributed by atoms with Crippen LogP contribution in [0.3, 0.4) is 0 Å². The topological polar surface area (TPSA) is 76.4 Å². The normalized spacial score (nSPS) is 13.1. The molecule has 2 aromatic carbocycles. The van der Waals surface area contributed by atoms with E-state index in [1.165, 1.54) is 19.9 Å². The van der Waals surface area contributed by atoms with Gasteiger partial charge in [0.1, 0.15) is 5.75 Å². The molecule has 1 heterocycles. The van der Waals surface area contributed by atoms with Crippen LogP contribution in [0.4, 0.5) is 13.2 Å². The van der Waals surface area contributed by atoms with Crippen LogP contribution in [0.25, 0.3) is 5.69 Å². The molecule has 0 saturated carbocycles. The molecular weight excluding hydrogens is 471 g/mol. The molecule has 1 unspecified atom stereocenters. The zero-order valence-corrected chi connectivity index (χ0v) is 19.8. The Kier molecular flexibility index (Phi) is 7.28. The number of aliphatic carboxylic acids is 1. The van der Waals surface area contributed by atoms with Crippen LogP contribution >= 0.6 is 11.6 Å². The SMILES string of the molecule is CNC(Cc1ccnn1-c1ccc(C(F)(F)F)cc1C)c1ccc(OC(C)(C)C(=O)O)c(Cl)c1. The third kappa shape index (κ3) is 5.53. The van der Waals surface area contributed by atoms with Gasteiger partial charge < -0.3 is 15.2 Å². The van der Waals surface area contributed by atoms with E-state index in [4.69, 9.17) is 16.3 Å². The molecule has 0 aliphatic heterocycles. The summed E-state index contributed by atoms with van der Waals surface area (Å²) in [7, 11) is 1.78. The maximum Gasteiger partial charge on any atom is 0.416 e. The first-order chi connectivity index (χ1) is 15.8. The van der Waals surface area contributed by atoms with E-state index in [0.717, 1.165) is 23.4 Å². The molecule has 34 heavy (non-hydrogen) atoms. The Morgan fingerprint density at radius 2 is 1.91 bits per heavy atom. The van der Waals surface area contributed by atoms with Gasteiger partial charge in [0.15, 0.2) is 5.60 Å². The van der Waals surface area contributed by atoms with Gasteiger partial charge in [0.25, 0.3) is 0 Å². The Bertz CT molecular complexity index is 1190. The summed E-state index contributed by atoms with van der Waals surface area (Å²) < 4.78 is 46.3. The fourth-order valence-electron chi connectivity index (χ4n) is 3.50. The molecule has 182 valence electrons. The maximum atomic E-state index is 13.0. The maximum absolute atomic E-state index is 13.0. The van der Waals surface area contributed by atoms with Crippen molar-refractivity contribution in [3.05, 3.63) is 76.1 Å². The molecule has 3 rings (SSSR count). The smallest absolute Gasteiger partial charge is 0.416 e. The number of aromatic nitrogens is 2. The van der Waals surface area contributed by atoms with Crippen molar-refractivity contribution in [1.29, 1.82) is 0 Å². The first-order valence-corrected chi connectivity index (χ1v) is 10.8. The Labute approximate surface area is 200 Å². The molecule has 3 aromatic rings. The fourth-order valence-corrected chi connectivity index (χ4v) is 3.73. The quantitative estimate of drug-likeness (QED) is 0.425. The molecule has 0 amide bonds. The molecule has 1 aromatic heterocycles. The summed E-state index contributed by atoms with van der Waals surface area (Å²) in [6.45, 7) is 4.48. The predicted octanol–water partition coefficient (Wildman–Crippen LogP) is 5.60. The van der Waals surface area contributed by atoms with E-state index in [0.29, 0.717) is 17.7 Å². The third-order valence-electron chi connectivity index (χ3n) is 5.47. The van der Waals surface area contributed by atoms with Crippen LogP contribution in [0.2, 0.25) is 5.02 Å². The summed E-state index contributed by atoms with van der Waals surface area (Å²) in [5.74, 6) is -0.870. The molecule has 0 saturated heterocycles. The van der Waals surface area contributed by atoms with Gasteiger partial charge in [0.05, 0.1) is 16.3 Å². The lowest BCUT2D eigenvalue weighted by Crippen LogP contribution is -2.38. The number of alkyl halides is 3. The van der Waals surface area contributed by atoms with E-state index < -0.39 is 23.3 Å². The minimum Gasteiger partial charge on any atom is -0.478 e. The molecule has 6 nitrogen and oxygen atoms in total. The predicted molar refractivity (Wildman–Crippen MR) is 123 cm³/mol. The molecule has 2 N–H and O–H groups in total. The Hall–Kier alpha value is -3.04. The van der Waals surface area contributed by atoms with Crippen molar-refractivity contribution in [2.75, 3.05) is 7.05 Å². The standard InChI is InChI=1S/C24H25ClF3N3O3/c1-14-11-16(24(26,27)28)6-7-20(14)31-17(9-10-30-31)13-19(29-4)15-5-8-21(18(25)12-15)34-23(2,3)22(32)33/h5-12,19,29H,13H2,1-4H3,(H,32,33). The molecule has 0 bridgehead atoms. The van der Waals surface area contributed by atoms with E-state index >= 15 is 0 Å². The number of rotatable bonds is 8. The van der Waals surface area contributed by atoms with Gasteiger partial charge in [-0.25, -0.2) is 9.48 Å². The number of hydrogen-bond donors (Lipinski definition) is 2. The Balaban J connectivity index is 1.86. The van der Waals surface area contributed by atoms with Gasteiger partial charge in [-0.05, 0) is 75.3 Å². The number of halogens is 4. The van der Waals surface area contributed by atoms with Crippen LogP contribution in [-0.2, 0) is 17.4 Å². The highest BCUT2D eigenvalue weighted by Crippen LogP contribution is 2.33. The summed E-state index contributed by atoms with van der Waals surface area (Å²) in [5.41, 5.74) is 0.459. The second-order valence-corrected chi connectivity index (χ2v) is 8.79. The van der Waals surface area contributed by atoms with Crippen molar-refractivity contribution < 1.29 is 27.8 Å². The minimum atomic E-state index is -4.41. The molecule has 0 radical (unpaired) electrons. The lowest BCUT2D eigenvalue weighted by molar-refractivity contribution is -0.152. The number of nitrogens with zero attached hydrogens (tertiary/aromatic N) is 2. The summed E-state index contributed by atoms with van der Waals surface area (Å²) in [4.78, 5) is 11.3. The van der Waals surface area contributed by atoms with Crippen LogP contribution in [0, 0.1) is 6.92 Å². The Morgan fingerprint density at radius 1 is 1.21 bits per heavy atom. The third-order valence-corrected chi connectivity index (χ3v) is 5.77. The minimum absolute atomic E-state index is 0.204. The van der Waals surface area contributed by atoms with Crippen molar-refractivity contribution in [2.24, 2.45) is 0 Å². The highest BCUT2D eigenvalue weighted by Gasteiger charge is 2.31. The van der Waals surface area contributed by atoms with Gasteiger partial charge in [-0.2, -0.15) is 18.3 Å². The van der Waals surface area contributed by atoms with Gasteiger partial charge in [-0.15, -0.1) is 0 Å². The summed E-state index contributed by atoms with van der Waals surface area (Å²) in [6.07, 6.45) is -2.35. The first-order valence-electron chi connectivity index (χ1n) is 10.4. The van der Waals surface area contributed by atoms with Gasteiger partial charge in [-0.3, -0.25) is 0 Å². The fraction of sp³-hybridized carbons (Fsp3) is 0.333. The highest BCUT2D eigenvalue weighted by atomic mass is 35.5. The van der Waals surface area contributed by atoms with Crippen LogP contribution in [0.1, 0.15) is 42.3 Å². The highest BCUT2D eigenvalue weighted by molar-refractivity contribution is 6.32. The van der Waals surface area contributed by atoms with Crippen molar-refractivity contribution in [3.63, 3.8) is 0 Å². The number of carboxylic acids is 1. The summed E-state index contributed by atoms with van der Waals surface area (Å²) >= 11 is 6.37. The number of aryl methyl sites for hydroxylation is 1. The molecule has 1 atom stereocenters. The largest absolute Gasteiger partial charge is 0.478 e. The van der Waals surface area contributed by atoms with E-state index in [1.807, 2.05) is 0 Å². The molecule has 0 spiro atoms. The number of carbonyl (C=O) groups is 1. The molecule has 0 fully saturated rings. The van der Waals surface area contributed by atoms with Crippen molar-refractivity contribution in [3.8, 4) is 11.4 Å². The first kappa shape index (κ1) is 25.6. The van der Waals surface area contributed by atoms with Gasteiger partial charge in [0.2, 0.25) is 0 Å². The molecule has 0 aliphatic carbocycles. The van der Waals surface area contributed by atoms with E-state index in [2.05, 4.69) is 10.4 Å². The Morgan fingerprint density at radius 3 is 2.47 bits per heavy atom. The average Bonchev–Trinajstić information content (AvgIpc) is 3.20. The van der Waals surface area contributed by atoms with Crippen LogP contribution in [0.5, 0.6) is 5.75 Å². The van der Waals surface area contributed by atoms with Crippen molar-refractivity contribution in [1.82, 2.24) is 15.1 Å². The van der Waals surface area contributed by atoms with E-state index in [1.54, 1.807) is 49.1 Å². The van der Waals surface area contributed by atoms with Gasteiger partial charge in [0, 0.05) is 24.4 Å². The number of benzene rings is 2. The number of carboxylic acid groups (broad SMARTS) is 1. The van der Waals surface area contributed by atoms with Gasteiger partial charge >= 0.3 is 12.1 Å². The zero-order chi connectivity index (χ0) is 25.3.